The molecule has 1 heterocycles. The molecule has 5 heteroatoms. The predicted octanol–water partition coefficient (Wildman–Crippen LogP) is 0.963. The fraction of sp³-hybridized carbons (Fsp3) is 0.500. The van der Waals surface area contributed by atoms with E-state index in [-0.39, 0.29) is 0 Å². The van der Waals surface area contributed by atoms with Gasteiger partial charge in [0.25, 0.3) is 5.56 Å². The quantitative estimate of drug-likeness (QED) is 0.291. The molecule has 0 aromatic heterocycles. The van der Waals surface area contributed by atoms with Crippen LogP contribution in [0.25, 0.3) is 4.85 Å². The Bertz CT molecular complexity index is 175. The summed E-state index contributed by atoms with van der Waals surface area (Å²) in [6, 6.07) is 0. The lowest BCUT2D eigenvalue weighted by atomic mass is 10.6. The average molecular weight is 148 g/mol. The van der Waals surface area contributed by atoms with Crippen molar-refractivity contribution >= 4 is 17.8 Å². The lowest BCUT2D eigenvalue weighted by Crippen LogP contribution is -2.10. The third kappa shape index (κ3) is 1.06. The molecule has 0 bridgehead atoms. The van der Waals surface area contributed by atoms with Crippen LogP contribution in [0.1, 0.15) is 0 Å². The highest BCUT2D eigenvalue weighted by atomic mass is 35.5. The fourth-order valence-electron chi connectivity index (χ4n) is 0.415. The van der Waals surface area contributed by atoms with Gasteiger partial charge in [-0.2, -0.15) is 0 Å². The summed E-state index contributed by atoms with van der Waals surface area (Å²) in [6.07, 6.45) is -1.85. The largest absolute Gasteiger partial charge is 0.516 e. The Balaban J connectivity index is 2.60. The van der Waals surface area contributed by atoms with E-state index in [9.17, 15) is 4.79 Å². The Hall–Kier alpha value is -0.950. The molecule has 0 aromatic rings. The van der Waals surface area contributed by atoms with E-state index in [1.807, 2.05) is 0 Å². The van der Waals surface area contributed by atoms with Gasteiger partial charge in [0, 0.05) is 0 Å². The number of rotatable bonds is 0. The molecule has 2 atom stereocenters. The van der Waals surface area contributed by atoms with Gasteiger partial charge in [0.1, 0.15) is 0 Å². The first-order valence-electron chi connectivity index (χ1n) is 2.12. The molecule has 0 saturated carbocycles. The highest BCUT2D eigenvalue weighted by Gasteiger charge is 2.40. The molecule has 1 aliphatic heterocycles. The molecule has 4 nitrogen and oxygen atoms in total. The Morgan fingerprint density at radius 1 is 1.67 bits per heavy atom. The van der Waals surface area contributed by atoms with E-state index in [1.165, 1.54) is 0 Å². The minimum Gasteiger partial charge on any atom is -0.401 e. The van der Waals surface area contributed by atoms with Gasteiger partial charge in [0.05, 0.1) is 0 Å². The van der Waals surface area contributed by atoms with Crippen molar-refractivity contribution in [1.29, 1.82) is 0 Å². The van der Waals surface area contributed by atoms with Crippen LogP contribution >= 0.6 is 11.6 Å². The van der Waals surface area contributed by atoms with E-state index in [4.69, 9.17) is 18.2 Å². The zero-order valence-electron chi connectivity index (χ0n) is 4.20. The van der Waals surface area contributed by atoms with Gasteiger partial charge in [-0.15, -0.1) is 0 Å². The summed E-state index contributed by atoms with van der Waals surface area (Å²) in [5, 5.41) is 0. The number of carbonyl (C=O) groups excluding carboxylic acids is 1. The highest BCUT2D eigenvalue weighted by molar-refractivity contribution is 6.21. The summed E-state index contributed by atoms with van der Waals surface area (Å²) in [5.41, 5.74) is -0.949. The number of alkyl halides is 1. The van der Waals surface area contributed by atoms with Gasteiger partial charge >= 0.3 is 12.4 Å². The van der Waals surface area contributed by atoms with Crippen molar-refractivity contribution < 1.29 is 14.3 Å². The first-order chi connectivity index (χ1) is 4.24. The summed E-state index contributed by atoms with van der Waals surface area (Å²) in [4.78, 5) is 13.0. The maximum absolute atomic E-state index is 10.2. The van der Waals surface area contributed by atoms with Crippen molar-refractivity contribution in [1.82, 2.24) is 0 Å². The number of ether oxygens (including phenoxy) is 2. The Kier molecular flexibility index (Phi) is 1.45. The van der Waals surface area contributed by atoms with Crippen molar-refractivity contribution in [3.63, 3.8) is 0 Å². The fourth-order valence-corrected chi connectivity index (χ4v) is 0.595. The molecule has 0 aliphatic carbocycles. The Labute approximate surface area is 56.1 Å². The van der Waals surface area contributed by atoms with Crippen LogP contribution in [0.5, 0.6) is 0 Å². The van der Waals surface area contributed by atoms with Crippen LogP contribution < -0.4 is 0 Å². The van der Waals surface area contributed by atoms with E-state index in [0.717, 1.165) is 0 Å². The van der Waals surface area contributed by atoms with Gasteiger partial charge in [0.2, 0.25) is 0 Å². The van der Waals surface area contributed by atoms with Crippen LogP contribution in [0.2, 0.25) is 0 Å². The number of halogens is 1. The molecule has 0 amide bonds. The molecule has 0 spiro atoms. The summed E-state index contributed by atoms with van der Waals surface area (Å²) >= 11 is 5.29. The maximum Gasteiger partial charge on any atom is 0.516 e. The van der Waals surface area contributed by atoms with Crippen LogP contribution in [-0.4, -0.2) is 17.9 Å². The molecule has 2 unspecified atom stereocenters. The summed E-state index contributed by atoms with van der Waals surface area (Å²) in [5.74, 6) is 0. The second-order valence-electron chi connectivity index (χ2n) is 1.36. The van der Waals surface area contributed by atoms with Crippen LogP contribution in [0.3, 0.4) is 0 Å². The molecule has 0 radical (unpaired) electrons. The van der Waals surface area contributed by atoms with Gasteiger partial charge in [0.15, 0.2) is 0 Å². The molecule has 1 fully saturated rings. The zero-order chi connectivity index (χ0) is 6.85. The summed E-state index contributed by atoms with van der Waals surface area (Å²) < 4.78 is 8.53. The van der Waals surface area contributed by atoms with Gasteiger partial charge in [-0.05, 0) is 0 Å². The molecule has 0 aromatic carbocycles. The van der Waals surface area contributed by atoms with Crippen LogP contribution in [0, 0.1) is 6.57 Å². The summed E-state index contributed by atoms with van der Waals surface area (Å²) in [6.45, 7) is 6.40. The van der Waals surface area contributed by atoms with Gasteiger partial charge in [-0.3, -0.25) is 4.85 Å². The topological polar surface area (TPSA) is 39.9 Å². The zero-order valence-corrected chi connectivity index (χ0v) is 4.96. The molecule has 1 aliphatic rings. The number of hydrogen-bond acceptors (Lipinski definition) is 3. The first kappa shape index (κ1) is 6.17. The Morgan fingerprint density at radius 2 is 2.33 bits per heavy atom. The Morgan fingerprint density at radius 3 is 2.56 bits per heavy atom. The minimum atomic E-state index is -0.973. The van der Waals surface area contributed by atoms with E-state index in [1.54, 1.807) is 0 Å². The molecule has 1 rings (SSSR count). The van der Waals surface area contributed by atoms with Crippen molar-refractivity contribution in [3.8, 4) is 0 Å². The highest BCUT2D eigenvalue weighted by Crippen LogP contribution is 2.18. The first-order valence-corrected chi connectivity index (χ1v) is 2.55. The van der Waals surface area contributed by atoms with E-state index in [2.05, 4.69) is 14.3 Å². The SMILES string of the molecule is [C-]#[N+]C1OC(=O)OC1Cl. The van der Waals surface area contributed by atoms with E-state index in [0.29, 0.717) is 0 Å². The number of hydrogen-bond donors (Lipinski definition) is 0. The molecule has 9 heavy (non-hydrogen) atoms. The third-order valence-electron chi connectivity index (χ3n) is 0.777. The summed E-state index contributed by atoms with van der Waals surface area (Å²) in [7, 11) is 0. The number of cyclic esters (lactones) is 2. The molecule has 1 saturated heterocycles. The second kappa shape index (κ2) is 2.11. The van der Waals surface area contributed by atoms with Crippen LogP contribution in [0.4, 0.5) is 4.79 Å². The van der Waals surface area contributed by atoms with E-state index >= 15 is 0 Å². The van der Waals surface area contributed by atoms with Crippen LogP contribution in [-0.2, 0) is 9.47 Å². The normalized spacial score (nSPS) is 32.7. The number of carbonyl (C=O) groups is 1. The average Bonchev–Trinajstić information content (AvgIpc) is 2.10. The van der Waals surface area contributed by atoms with Crippen molar-refractivity contribution in [2.45, 2.75) is 11.8 Å². The van der Waals surface area contributed by atoms with Gasteiger partial charge in [-0.1, -0.05) is 11.6 Å². The van der Waals surface area contributed by atoms with E-state index < -0.39 is 17.9 Å². The monoisotopic (exact) mass is 147 g/mol. The van der Waals surface area contributed by atoms with Gasteiger partial charge < -0.3 is 9.47 Å². The second-order valence-corrected chi connectivity index (χ2v) is 1.79. The predicted molar refractivity (Wildman–Crippen MR) is 27.6 cm³/mol. The molecule has 48 valence electrons. The van der Waals surface area contributed by atoms with Crippen molar-refractivity contribution in [2.24, 2.45) is 0 Å². The third-order valence-corrected chi connectivity index (χ3v) is 1.08. The standard InChI is InChI=1S/C4H2ClNO3/c1-6-3-2(5)8-4(7)9-3/h2-3H. The lowest BCUT2D eigenvalue weighted by molar-refractivity contribution is 0.123. The van der Waals surface area contributed by atoms with Crippen LogP contribution in [0.15, 0.2) is 0 Å². The minimum absolute atomic E-state index is 0.879. The lowest BCUT2D eigenvalue weighted by Gasteiger charge is -1.91. The maximum atomic E-state index is 10.2. The molecular formula is C4H2ClNO3. The molecule has 0 N–H and O–H groups in total. The number of nitrogens with zero attached hydrogens (tertiary/aromatic N) is 1. The van der Waals surface area contributed by atoms with Crippen molar-refractivity contribution in [3.05, 3.63) is 11.4 Å². The van der Waals surface area contributed by atoms with Gasteiger partial charge in [-0.25, -0.2) is 11.4 Å². The molecular weight excluding hydrogens is 146 g/mol. The van der Waals surface area contributed by atoms with Crippen molar-refractivity contribution in [2.75, 3.05) is 0 Å². The smallest absolute Gasteiger partial charge is 0.401 e.